The molecule has 0 saturated heterocycles. The van der Waals surface area contributed by atoms with Gasteiger partial charge in [0, 0.05) is 0 Å². The predicted octanol–water partition coefficient (Wildman–Crippen LogP) is 2.91. The summed E-state index contributed by atoms with van der Waals surface area (Å²) >= 11 is 0. The molecule has 10 heavy (non-hydrogen) atoms. The van der Waals surface area contributed by atoms with E-state index in [0.717, 1.165) is 0 Å². The van der Waals surface area contributed by atoms with Crippen LogP contribution in [0.4, 0.5) is 0 Å². The van der Waals surface area contributed by atoms with Crippen molar-refractivity contribution in [2.75, 3.05) is 14.1 Å². The molecule has 0 radical (unpaired) electrons. The molecule has 0 heterocycles. The van der Waals surface area contributed by atoms with Gasteiger partial charge in [-0.25, -0.2) is 0 Å². The van der Waals surface area contributed by atoms with Crippen LogP contribution in [0.25, 0.3) is 0 Å². The molecular weight excluding hydrogens is 122 g/mol. The van der Waals surface area contributed by atoms with E-state index in [2.05, 4.69) is 33.0 Å². The topological polar surface area (TPSA) is 12.0 Å². The minimum absolute atomic E-state index is 0.500. The molecule has 1 nitrogen and oxygen atoms in total. The molecule has 66 valence electrons. The Morgan fingerprint density at radius 1 is 0.800 bits per heavy atom. The van der Waals surface area contributed by atoms with Gasteiger partial charge < -0.3 is 5.32 Å². The van der Waals surface area contributed by atoms with Crippen molar-refractivity contribution in [1.82, 2.24) is 5.32 Å². The van der Waals surface area contributed by atoms with E-state index < -0.39 is 0 Å². The van der Waals surface area contributed by atoms with Gasteiger partial charge in [0.15, 0.2) is 0 Å². The molecule has 0 amide bonds. The maximum Gasteiger partial charge on any atom is -0.0167 e. The molecule has 0 aromatic carbocycles. The van der Waals surface area contributed by atoms with E-state index in [0.29, 0.717) is 5.41 Å². The average Bonchev–Trinajstić information content (AvgIpc) is 1.68. The highest BCUT2D eigenvalue weighted by Gasteiger charge is 1.95. The lowest BCUT2D eigenvalue weighted by Crippen LogP contribution is -1.93. The summed E-state index contributed by atoms with van der Waals surface area (Å²) < 4.78 is 0. The summed E-state index contributed by atoms with van der Waals surface area (Å²) in [5, 5.41) is 2.75. The van der Waals surface area contributed by atoms with Crippen LogP contribution in [0.1, 0.15) is 41.5 Å². The first kappa shape index (κ1) is 16.5. The summed E-state index contributed by atoms with van der Waals surface area (Å²) in [6.45, 7) is 12.8. The fourth-order valence-electron chi connectivity index (χ4n) is 0. The molecule has 0 aliphatic carbocycles. The fraction of sp³-hybridized carbons (Fsp3) is 1.00. The van der Waals surface area contributed by atoms with Crippen molar-refractivity contribution >= 4 is 0 Å². The number of hydrogen-bond donors (Lipinski definition) is 1. The van der Waals surface area contributed by atoms with Gasteiger partial charge in [-0.3, -0.25) is 0 Å². The summed E-state index contributed by atoms with van der Waals surface area (Å²) in [5.41, 5.74) is 0.500. The first-order chi connectivity index (χ1) is 4.41. The molecule has 0 aliphatic heterocycles. The number of hydrogen-bond acceptors (Lipinski definition) is 1. The van der Waals surface area contributed by atoms with E-state index in [1.807, 2.05) is 27.9 Å². The third kappa shape index (κ3) is 241000. The smallest absolute Gasteiger partial charge is 0.0167 e. The third-order valence-electron chi connectivity index (χ3n) is 0. The summed E-state index contributed by atoms with van der Waals surface area (Å²) in [5.74, 6) is 0. The first-order valence-electron chi connectivity index (χ1n) is 4.00. The maximum absolute atomic E-state index is 2.75. The molecule has 1 N–H and O–H groups in total. The largest absolute Gasteiger partial charge is 0.323 e. The van der Waals surface area contributed by atoms with Crippen LogP contribution in [-0.2, 0) is 0 Å². The van der Waals surface area contributed by atoms with E-state index in [1.54, 1.807) is 0 Å². The molecule has 0 fully saturated rings. The normalized spacial score (nSPS) is 8.40. The zero-order valence-electron chi connectivity index (χ0n) is 9.00. The van der Waals surface area contributed by atoms with Crippen LogP contribution in [0, 0.1) is 5.41 Å². The Hall–Kier alpha value is -0.0400. The van der Waals surface area contributed by atoms with Gasteiger partial charge in [0.2, 0.25) is 0 Å². The van der Waals surface area contributed by atoms with Crippen LogP contribution in [0.5, 0.6) is 0 Å². The first-order valence-corrected chi connectivity index (χ1v) is 4.00. The molecule has 0 aliphatic rings. The van der Waals surface area contributed by atoms with Gasteiger partial charge in [-0.1, -0.05) is 41.5 Å². The van der Waals surface area contributed by atoms with Gasteiger partial charge in [0.25, 0.3) is 0 Å². The van der Waals surface area contributed by atoms with Crippen molar-refractivity contribution in [3.8, 4) is 0 Å². The van der Waals surface area contributed by atoms with Crippen LogP contribution in [0.2, 0.25) is 0 Å². The molecule has 0 unspecified atom stereocenters. The zero-order chi connectivity index (χ0) is 9.21. The highest BCUT2D eigenvalue weighted by Crippen LogP contribution is 2.07. The van der Waals surface area contributed by atoms with Gasteiger partial charge in [-0.2, -0.15) is 0 Å². The molecule has 0 saturated carbocycles. The highest BCUT2D eigenvalue weighted by molar-refractivity contribution is 4.47. The highest BCUT2D eigenvalue weighted by atomic mass is 14.7. The molecular formula is C9H25N. The molecule has 0 spiro atoms. The second kappa shape index (κ2) is 11.7. The van der Waals surface area contributed by atoms with Crippen LogP contribution < -0.4 is 5.32 Å². The Bertz CT molecular complexity index is 28.5. The monoisotopic (exact) mass is 147 g/mol. The molecule has 0 bridgehead atoms. The maximum atomic E-state index is 2.75. The lowest BCUT2D eigenvalue weighted by atomic mass is 10.0. The lowest BCUT2D eigenvalue weighted by molar-refractivity contribution is 0.469. The standard InChI is InChI=1S/C5H12.C2H7N.C2H6/c1-5(2,3)4;1-3-2;1-2/h1-4H3;3H,1-2H3;1-2H3. The van der Waals surface area contributed by atoms with E-state index in [9.17, 15) is 0 Å². The van der Waals surface area contributed by atoms with E-state index >= 15 is 0 Å². The molecule has 0 rings (SSSR count). The van der Waals surface area contributed by atoms with Crippen LogP contribution in [0.15, 0.2) is 0 Å². The van der Waals surface area contributed by atoms with Crippen LogP contribution in [0.3, 0.4) is 0 Å². The Morgan fingerprint density at radius 2 is 0.800 bits per heavy atom. The van der Waals surface area contributed by atoms with Gasteiger partial charge >= 0.3 is 0 Å². The molecule has 0 aromatic heterocycles. The molecule has 1 heteroatoms. The second-order valence-electron chi connectivity index (χ2n) is 3.50. The van der Waals surface area contributed by atoms with Crippen molar-refractivity contribution < 1.29 is 0 Å². The van der Waals surface area contributed by atoms with Crippen LogP contribution >= 0.6 is 0 Å². The van der Waals surface area contributed by atoms with Crippen molar-refractivity contribution in [3.63, 3.8) is 0 Å². The Labute approximate surface area is 67.2 Å². The van der Waals surface area contributed by atoms with E-state index in [-0.39, 0.29) is 0 Å². The summed E-state index contributed by atoms with van der Waals surface area (Å²) in [4.78, 5) is 0. The summed E-state index contributed by atoms with van der Waals surface area (Å²) in [7, 11) is 3.75. The Morgan fingerprint density at radius 3 is 0.800 bits per heavy atom. The van der Waals surface area contributed by atoms with Gasteiger partial charge in [-0.15, -0.1) is 0 Å². The van der Waals surface area contributed by atoms with Crippen molar-refractivity contribution in [2.24, 2.45) is 5.41 Å². The lowest BCUT2D eigenvalue weighted by Gasteiger charge is -2.05. The quantitative estimate of drug-likeness (QED) is 0.555. The van der Waals surface area contributed by atoms with Gasteiger partial charge in [0.1, 0.15) is 0 Å². The van der Waals surface area contributed by atoms with E-state index in [1.165, 1.54) is 0 Å². The SMILES string of the molecule is CC.CC(C)(C)C.CNC. The van der Waals surface area contributed by atoms with Crippen molar-refractivity contribution in [1.29, 1.82) is 0 Å². The zero-order valence-corrected chi connectivity index (χ0v) is 9.00. The Balaban J connectivity index is -0.0000000847. The summed E-state index contributed by atoms with van der Waals surface area (Å²) in [6.07, 6.45) is 0. The Kier molecular flexibility index (Phi) is 19.3. The number of nitrogens with one attached hydrogen (secondary N) is 1. The molecule has 0 atom stereocenters. The van der Waals surface area contributed by atoms with Crippen LogP contribution in [-0.4, -0.2) is 14.1 Å². The molecule has 0 aromatic rings. The van der Waals surface area contributed by atoms with E-state index in [4.69, 9.17) is 0 Å². The third-order valence-corrected chi connectivity index (χ3v) is 0. The summed E-state index contributed by atoms with van der Waals surface area (Å²) in [6, 6.07) is 0. The van der Waals surface area contributed by atoms with Crippen molar-refractivity contribution in [3.05, 3.63) is 0 Å². The second-order valence-corrected chi connectivity index (χ2v) is 3.50. The van der Waals surface area contributed by atoms with Gasteiger partial charge in [0.05, 0.1) is 0 Å². The predicted molar refractivity (Wildman–Crippen MR) is 51.5 cm³/mol. The minimum atomic E-state index is 0.500. The average molecular weight is 147 g/mol. The van der Waals surface area contributed by atoms with Crippen molar-refractivity contribution in [2.45, 2.75) is 41.5 Å². The minimum Gasteiger partial charge on any atom is -0.323 e. The van der Waals surface area contributed by atoms with Gasteiger partial charge in [-0.05, 0) is 19.5 Å². The fourth-order valence-corrected chi connectivity index (χ4v) is 0. The number of rotatable bonds is 0.